The van der Waals surface area contributed by atoms with Crippen molar-refractivity contribution in [1.29, 1.82) is 0 Å². The van der Waals surface area contributed by atoms with Crippen LogP contribution in [0.2, 0.25) is 0 Å². The summed E-state index contributed by atoms with van der Waals surface area (Å²) in [6.45, 7) is 2.64. The minimum Gasteiger partial charge on any atom is -0.258 e. The Kier molecular flexibility index (Phi) is 3.92. The molecule has 0 saturated carbocycles. The highest BCUT2D eigenvalue weighted by Crippen LogP contribution is 2.19. The highest BCUT2D eigenvalue weighted by Gasteiger charge is 2.09. The van der Waals surface area contributed by atoms with Gasteiger partial charge in [-0.05, 0) is 18.6 Å². The van der Waals surface area contributed by atoms with Gasteiger partial charge >= 0.3 is 0 Å². The molecule has 3 aromatic rings. The van der Waals surface area contributed by atoms with Gasteiger partial charge in [-0.15, -0.1) is 11.3 Å². The van der Waals surface area contributed by atoms with E-state index in [4.69, 9.17) is 0 Å². The zero-order valence-electron chi connectivity index (χ0n) is 11.8. The van der Waals surface area contributed by atoms with E-state index in [1.807, 2.05) is 5.38 Å². The second kappa shape index (κ2) is 6.02. The van der Waals surface area contributed by atoms with Crippen LogP contribution in [0.4, 0.5) is 5.69 Å². The van der Waals surface area contributed by atoms with E-state index >= 15 is 0 Å². The van der Waals surface area contributed by atoms with Crippen LogP contribution in [0, 0.1) is 10.1 Å². The normalized spacial score (nSPS) is 10.8. The van der Waals surface area contributed by atoms with Gasteiger partial charge in [-0.2, -0.15) is 5.10 Å². The molecule has 0 unspecified atom stereocenters. The number of benzene rings is 1. The molecule has 0 bridgehead atoms. The predicted octanol–water partition coefficient (Wildman–Crippen LogP) is 2.92. The molecule has 0 aliphatic rings. The molecule has 0 atom stereocenters. The first-order chi connectivity index (χ1) is 10.7. The summed E-state index contributed by atoms with van der Waals surface area (Å²) in [7, 11) is 0. The second-order valence-electron chi connectivity index (χ2n) is 4.66. The van der Waals surface area contributed by atoms with E-state index in [0.717, 1.165) is 22.7 Å². The van der Waals surface area contributed by atoms with Crippen molar-refractivity contribution in [2.24, 2.45) is 0 Å². The zero-order chi connectivity index (χ0) is 15.5. The Labute approximate surface area is 130 Å². The van der Waals surface area contributed by atoms with E-state index in [-0.39, 0.29) is 5.69 Å². The molecule has 112 valence electrons. The molecule has 2 heterocycles. The molecular weight excluding hydrogens is 302 g/mol. The van der Waals surface area contributed by atoms with Crippen LogP contribution in [0.3, 0.4) is 0 Å². The van der Waals surface area contributed by atoms with Gasteiger partial charge in [0.1, 0.15) is 6.33 Å². The Morgan fingerprint density at radius 2 is 2.09 bits per heavy atom. The number of nitrogens with zero attached hydrogens (tertiary/aromatic N) is 5. The second-order valence-corrected chi connectivity index (χ2v) is 5.60. The van der Waals surface area contributed by atoms with Gasteiger partial charge in [0.15, 0.2) is 5.82 Å². The smallest absolute Gasteiger partial charge is 0.258 e. The number of non-ortho nitro benzene ring substituents is 1. The van der Waals surface area contributed by atoms with Crippen LogP contribution in [0.1, 0.15) is 17.6 Å². The van der Waals surface area contributed by atoms with Gasteiger partial charge in [0.2, 0.25) is 0 Å². The summed E-state index contributed by atoms with van der Waals surface area (Å²) in [4.78, 5) is 19.0. The van der Waals surface area contributed by atoms with Gasteiger partial charge in [0.25, 0.3) is 5.69 Å². The van der Waals surface area contributed by atoms with Crippen molar-refractivity contribution >= 4 is 17.0 Å². The number of nitro groups is 1. The Hall–Kier alpha value is -2.61. The molecule has 3 rings (SSSR count). The Balaban J connectivity index is 1.76. The van der Waals surface area contributed by atoms with Crippen molar-refractivity contribution in [3.8, 4) is 11.4 Å². The van der Waals surface area contributed by atoms with Gasteiger partial charge < -0.3 is 0 Å². The molecule has 0 fully saturated rings. The SMILES string of the molecule is CCc1nc(Cn2cnc(-c3ccc([N+](=O)[O-])cc3)n2)cs1. The first kappa shape index (κ1) is 14.3. The molecule has 0 spiro atoms. The van der Waals surface area contributed by atoms with Gasteiger partial charge in [-0.25, -0.2) is 14.6 Å². The van der Waals surface area contributed by atoms with Crippen molar-refractivity contribution < 1.29 is 4.92 Å². The zero-order valence-corrected chi connectivity index (χ0v) is 12.7. The molecule has 0 saturated heterocycles. The molecule has 0 radical (unpaired) electrons. The van der Waals surface area contributed by atoms with Crippen molar-refractivity contribution in [3.05, 3.63) is 56.8 Å². The Morgan fingerprint density at radius 1 is 1.32 bits per heavy atom. The molecule has 7 nitrogen and oxygen atoms in total. The number of nitro benzene ring substituents is 1. The fourth-order valence-corrected chi connectivity index (χ4v) is 2.72. The van der Waals surface area contributed by atoms with Crippen molar-refractivity contribution in [3.63, 3.8) is 0 Å². The third-order valence-electron chi connectivity index (χ3n) is 3.10. The van der Waals surface area contributed by atoms with Gasteiger partial charge in [-0.1, -0.05) is 6.92 Å². The summed E-state index contributed by atoms with van der Waals surface area (Å²) < 4.78 is 1.71. The predicted molar refractivity (Wildman–Crippen MR) is 82.7 cm³/mol. The van der Waals surface area contributed by atoms with Crippen molar-refractivity contribution in [2.45, 2.75) is 19.9 Å². The summed E-state index contributed by atoms with van der Waals surface area (Å²) >= 11 is 1.64. The maximum absolute atomic E-state index is 10.6. The van der Waals surface area contributed by atoms with E-state index in [1.165, 1.54) is 12.1 Å². The number of aromatic nitrogens is 4. The van der Waals surface area contributed by atoms with Crippen LogP contribution in [-0.2, 0) is 13.0 Å². The molecular formula is C14H13N5O2S. The van der Waals surface area contributed by atoms with Crippen molar-refractivity contribution in [1.82, 2.24) is 19.7 Å². The number of rotatable bonds is 5. The minimum absolute atomic E-state index is 0.0535. The maximum Gasteiger partial charge on any atom is 0.269 e. The van der Waals surface area contributed by atoms with Crippen LogP contribution in [-0.4, -0.2) is 24.7 Å². The lowest BCUT2D eigenvalue weighted by Gasteiger charge is -1.97. The fourth-order valence-electron chi connectivity index (χ4n) is 1.99. The van der Waals surface area contributed by atoms with Crippen LogP contribution < -0.4 is 0 Å². The van der Waals surface area contributed by atoms with E-state index < -0.39 is 4.92 Å². The van der Waals surface area contributed by atoms with Crippen LogP contribution in [0.15, 0.2) is 36.0 Å². The fraction of sp³-hybridized carbons (Fsp3) is 0.214. The highest BCUT2D eigenvalue weighted by atomic mass is 32.1. The molecule has 0 aliphatic heterocycles. The molecule has 0 aliphatic carbocycles. The van der Waals surface area contributed by atoms with Gasteiger partial charge in [0.05, 0.1) is 22.2 Å². The summed E-state index contributed by atoms with van der Waals surface area (Å²) in [5.41, 5.74) is 1.76. The average molecular weight is 315 g/mol. The topological polar surface area (TPSA) is 86.7 Å². The van der Waals surface area contributed by atoms with Crippen LogP contribution >= 0.6 is 11.3 Å². The maximum atomic E-state index is 10.6. The summed E-state index contributed by atoms with van der Waals surface area (Å²) in [5, 5.41) is 18.2. The van der Waals surface area contributed by atoms with Crippen LogP contribution in [0.25, 0.3) is 11.4 Å². The Morgan fingerprint density at radius 3 is 2.73 bits per heavy atom. The van der Waals surface area contributed by atoms with E-state index in [0.29, 0.717) is 12.4 Å². The van der Waals surface area contributed by atoms with Gasteiger partial charge in [-0.3, -0.25) is 10.1 Å². The molecule has 0 amide bonds. The lowest BCUT2D eigenvalue weighted by molar-refractivity contribution is -0.384. The quantitative estimate of drug-likeness (QED) is 0.533. The minimum atomic E-state index is -0.427. The van der Waals surface area contributed by atoms with E-state index in [2.05, 4.69) is 22.0 Å². The number of thiazole rings is 1. The first-order valence-electron chi connectivity index (χ1n) is 6.73. The van der Waals surface area contributed by atoms with Crippen molar-refractivity contribution in [2.75, 3.05) is 0 Å². The summed E-state index contributed by atoms with van der Waals surface area (Å²) in [5.74, 6) is 0.542. The molecule has 0 N–H and O–H groups in total. The van der Waals surface area contributed by atoms with Gasteiger partial charge in [0, 0.05) is 23.1 Å². The molecule has 2 aromatic heterocycles. The average Bonchev–Trinajstić information content (AvgIpc) is 3.17. The highest BCUT2D eigenvalue weighted by molar-refractivity contribution is 7.09. The molecule has 22 heavy (non-hydrogen) atoms. The lowest BCUT2D eigenvalue weighted by atomic mass is 10.2. The van der Waals surface area contributed by atoms with Crippen LogP contribution in [0.5, 0.6) is 0 Å². The largest absolute Gasteiger partial charge is 0.269 e. The van der Waals surface area contributed by atoms with E-state index in [9.17, 15) is 10.1 Å². The first-order valence-corrected chi connectivity index (χ1v) is 7.61. The molecule has 8 heteroatoms. The third-order valence-corrected chi connectivity index (χ3v) is 4.14. The summed E-state index contributed by atoms with van der Waals surface area (Å²) in [6, 6.07) is 6.19. The van der Waals surface area contributed by atoms with E-state index in [1.54, 1.807) is 34.5 Å². The molecule has 1 aromatic carbocycles. The monoisotopic (exact) mass is 315 g/mol. The number of aryl methyl sites for hydroxylation is 1. The number of hydrogen-bond acceptors (Lipinski definition) is 6. The Bertz CT molecular complexity index is 794. The summed E-state index contributed by atoms with van der Waals surface area (Å²) in [6.07, 6.45) is 2.57. The third kappa shape index (κ3) is 3.01. The lowest BCUT2D eigenvalue weighted by Crippen LogP contribution is -2.01. The standard InChI is InChI=1S/C14H13N5O2S/c1-2-13-16-11(8-22-13)7-18-9-15-14(17-18)10-3-5-12(6-4-10)19(20)21/h3-6,8-9H,2,7H2,1H3. The number of hydrogen-bond donors (Lipinski definition) is 0.